The van der Waals surface area contributed by atoms with Crippen molar-refractivity contribution >= 4 is 5.91 Å². The number of piperazine rings is 1. The van der Waals surface area contributed by atoms with Gasteiger partial charge in [-0.1, -0.05) is 12.1 Å². The Hall–Kier alpha value is -2.61. The molecule has 0 aliphatic carbocycles. The highest BCUT2D eigenvalue weighted by Crippen LogP contribution is 2.23. The normalized spacial score (nSPS) is 20.0. The number of carbonyl (C=O) groups is 1. The lowest BCUT2D eigenvalue weighted by atomic mass is 10.1. The highest BCUT2D eigenvalue weighted by Gasteiger charge is 2.32. The number of hydrogen-bond donors (Lipinski definition) is 0. The number of amides is 1. The van der Waals surface area contributed by atoms with Crippen molar-refractivity contribution in [2.45, 2.75) is 32.5 Å². The summed E-state index contributed by atoms with van der Waals surface area (Å²) in [7, 11) is 0. The first-order valence-corrected chi connectivity index (χ1v) is 9.30. The maximum absolute atomic E-state index is 13.7. The predicted molar refractivity (Wildman–Crippen MR) is 99.3 cm³/mol. The Morgan fingerprint density at radius 2 is 1.66 bits per heavy atom. The van der Waals surface area contributed by atoms with Gasteiger partial charge in [0.05, 0.1) is 0 Å². The molecule has 1 saturated heterocycles. The van der Waals surface area contributed by atoms with E-state index in [1.807, 2.05) is 13.8 Å². The summed E-state index contributed by atoms with van der Waals surface area (Å²) in [6, 6.07) is 7.90. The van der Waals surface area contributed by atoms with Gasteiger partial charge in [0.25, 0.3) is 5.91 Å². The van der Waals surface area contributed by atoms with E-state index in [1.165, 1.54) is 12.1 Å². The Morgan fingerprint density at radius 1 is 0.966 bits per heavy atom. The van der Waals surface area contributed by atoms with Gasteiger partial charge in [-0.25, -0.2) is 13.2 Å². The zero-order chi connectivity index (χ0) is 21.1. The highest BCUT2D eigenvalue weighted by molar-refractivity contribution is 5.78. The van der Waals surface area contributed by atoms with Crippen LogP contribution in [0.15, 0.2) is 36.4 Å². The van der Waals surface area contributed by atoms with E-state index in [1.54, 1.807) is 17.0 Å². The van der Waals surface area contributed by atoms with Crippen LogP contribution in [0.4, 0.5) is 17.6 Å². The van der Waals surface area contributed by atoms with Gasteiger partial charge in [0.1, 0.15) is 5.82 Å². The van der Waals surface area contributed by atoms with E-state index in [0.717, 1.165) is 17.7 Å². The Balaban J connectivity index is 1.58. The monoisotopic (exact) mass is 410 g/mol. The van der Waals surface area contributed by atoms with E-state index in [4.69, 9.17) is 4.74 Å². The van der Waals surface area contributed by atoms with Crippen molar-refractivity contribution in [1.82, 2.24) is 9.80 Å². The molecule has 156 valence electrons. The highest BCUT2D eigenvalue weighted by atomic mass is 19.2. The molecular formula is C21H22F4N2O2. The summed E-state index contributed by atoms with van der Waals surface area (Å²) in [6.45, 7) is 5.06. The molecule has 0 N–H and O–H groups in total. The molecule has 0 aromatic heterocycles. The van der Waals surface area contributed by atoms with Gasteiger partial charge in [0.2, 0.25) is 5.82 Å². The van der Waals surface area contributed by atoms with Gasteiger partial charge in [0, 0.05) is 31.7 Å². The van der Waals surface area contributed by atoms with Crippen molar-refractivity contribution in [2.24, 2.45) is 0 Å². The molecule has 0 saturated carbocycles. The molecule has 2 aromatic rings. The molecule has 4 nitrogen and oxygen atoms in total. The Morgan fingerprint density at radius 3 is 2.34 bits per heavy atom. The molecule has 0 unspecified atom stereocenters. The third-order valence-electron chi connectivity index (χ3n) is 5.09. The molecule has 2 atom stereocenters. The molecule has 1 amide bonds. The van der Waals surface area contributed by atoms with Gasteiger partial charge in [-0.3, -0.25) is 9.69 Å². The van der Waals surface area contributed by atoms with Crippen LogP contribution < -0.4 is 4.74 Å². The lowest BCUT2D eigenvalue weighted by molar-refractivity contribution is -0.139. The maximum Gasteiger partial charge on any atom is 0.260 e. The quantitative estimate of drug-likeness (QED) is 0.556. The number of halogens is 4. The SMILES string of the molecule is C[C@@H]1CN(C(=O)COc2ccc(F)c(F)c2F)[C@@H](C)CN1Cc1ccc(F)cc1. The molecule has 1 fully saturated rings. The summed E-state index contributed by atoms with van der Waals surface area (Å²) in [4.78, 5) is 16.4. The van der Waals surface area contributed by atoms with E-state index in [-0.39, 0.29) is 23.8 Å². The van der Waals surface area contributed by atoms with E-state index in [0.29, 0.717) is 19.6 Å². The topological polar surface area (TPSA) is 32.8 Å². The van der Waals surface area contributed by atoms with Gasteiger partial charge in [-0.15, -0.1) is 0 Å². The number of rotatable bonds is 5. The van der Waals surface area contributed by atoms with Crippen LogP contribution in [0.25, 0.3) is 0 Å². The molecule has 29 heavy (non-hydrogen) atoms. The van der Waals surface area contributed by atoms with Gasteiger partial charge < -0.3 is 9.64 Å². The summed E-state index contributed by atoms with van der Waals surface area (Å²) in [5.41, 5.74) is 0.974. The van der Waals surface area contributed by atoms with Crippen LogP contribution >= 0.6 is 0 Å². The maximum atomic E-state index is 13.7. The standard InChI is InChI=1S/C21H22F4N2O2/c1-13-10-27(14(2)9-26(13)11-15-3-5-16(22)6-4-15)19(28)12-29-18-8-7-17(23)20(24)21(18)25/h3-8,13-14H,9-12H2,1-2H3/t13-,14+/m1/s1. The zero-order valence-corrected chi connectivity index (χ0v) is 16.2. The predicted octanol–water partition coefficient (Wildman–Crippen LogP) is 3.74. The molecule has 0 radical (unpaired) electrons. The molecule has 2 aromatic carbocycles. The van der Waals surface area contributed by atoms with Crippen LogP contribution in [0.3, 0.4) is 0 Å². The molecule has 0 bridgehead atoms. The first-order chi connectivity index (χ1) is 13.8. The Bertz CT molecular complexity index is 876. The van der Waals surface area contributed by atoms with Crippen LogP contribution in [-0.4, -0.2) is 47.5 Å². The second kappa shape index (κ2) is 8.82. The largest absolute Gasteiger partial charge is 0.481 e. The molecule has 1 heterocycles. The third kappa shape index (κ3) is 4.87. The van der Waals surface area contributed by atoms with E-state index in [9.17, 15) is 22.4 Å². The van der Waals surface area contributed by atoms with Crippen LogP contribution in [0, 0.1) is 23.3 Å². The van der Waals surface area contributed by atoms with Crippen molar-refractivity contribution in [2.75, 3.05) is 19.7 Å². The van der Waals surface area contributed by atoms with E-state index < -0.39 is 29.8 Å². The number of nitrogens with zero attached hydrogens (tertiary/aromatic N) is 2. The fourth-order valence-electron chi connectivity index (χ4n) is 3.43. The van der Waals surface area contributed by atoms with E-state index >= 15 is 0 Å². The van der Waals surface area contributed by atoms with Crippen molar-refractivity contribution in [1.29, 1.82) is 0 Å². The minimum atomic E-state index is -1.63. The first kappa shape index (κ1) is 21.1. The van der Waals surface area contributed by atoms with E-state index in [2.05, 4.69) is 4.90 Å². The van der Waals surface area contributed by atoms with Crippen molar-refractivity contribution in [3.63, 3.8) is 0 Å². The number of hydrogen-bond acceptors (Lipinski definition) is 3. The third-order valence-corrected chi connectivity index (χ3v) is 5.09. The van der Waals surface area contributed by atoms with Crippen LogP contribution in [0.2, 0.25) is 0 Å². The fraction of sp³-hybridized carbons (Fsp3) is 0.381. The van der Waals surface area contributed by atoms with Crippen molar-refractivity contribution in [3.8, 4) is 5.75 Å². The van der Waals surface area contributed by atoms with Crippen molar-refractivity contribution in [3.05, 3.63) is 65.2 Å². The molecule has 8 heteroatoms. The minimum absolute atomic E-state index is 0.0419. The molecule has 1 aliphatic rings. The molecule has 0 spiro atoms. The van der Waals surface area contributed by atoms with Gasteiger partial charge >= 0.3 is 0 Å². The van der Waals surface area contributed by atoms with Crippen LogP contribution in [0.1, 0.15) is 19.4 Å². The first-order valence-electron chi connectivity index (χ1n) is 9.30. The average Bonchev–Trinajstić information content (AvgIpc) is 2.69. The summed E-state index contributed by atoms with van der Waals surface area (Å²) < 4.78 is 58.1. The molecule has 3 rings (SSSR count). The van der Waals surface area contributed by atoms with Gasteiger partial charge in [-0.2, -0.15) is 4.39 Å². The summed E-state index contributed by atoms with van der Waals surface area (Å²) in [5, 5.41) is 0. The van der Waals surface area contributed by atoms with Gasteiger partial charge in [-0.05, 0) is 43.7 Å². The number of ether oxygens (including phenoxy) is 1. The second-order valence-corrected chi connectivity index (χ2v) is 7.26. The summed E-state index contributed by atoms with van der Waals surface area (Å²) >= 11 is 0. The number of benzene rings is 2. The second-order valence-electron chi connectivity index (χ2n) is 7.26. The lowest BCUT2D eigenvalue weighted by Gasteiger charge is -2.44. The van der Waals surface area contributed by atoms with Crippen LogP contribution in [-0.2, 0) is 11.3 Å². The Kier molecular flexibility index (Phi) is 6.42. The van der Waals surface area contributed by atoms with Crippen molar-refractivity contribution < 1.29 is 27.1 Å². The molecular weight excluding hydrogens is 388 g/mol. The summed E-state index contributed by atoms with van der Waals surface area (Å²) in [5.74, 6) is -5.57. The van der Waals surface area contributed by atoms with Crippen LogP contribution in [0.5, 0.6) is 5.75 Å². The number of carbonyl (C=O) groups excluding carboxylic acids is 1. The zero-order valence-electron chi connectivity index (χ0n) is 16.2. The van der Waals surface area contributed by atoms with Gasteiger partial charge in [0.15, 0.2) is 24.0 Å². The lowest BCUT2D eigenvalue weighted by Crippen LogP contribution is -2.58. The average molecular weight is 410 g/mol. The Labute approximate surface area is 166 Å². The summed E-state index contributed by atoms with van der Waals surface area (Å²) in [6.07, 6.45) is 0. The molecule has 1 aliphatic heterocycles. The fourth-order valence-corrected chi connectivity index (χ4v) is 3.43. The minimum Gasteiger partial charge on any atom is -0.481 e. The smallest absolute Gasteiger partial charge is 0.260 e.